The Bertz CT molecular complexity index is 796. The summed E-state index contributed by atoms with van der Waals surface area (Å²) in [4.78, 5) is 15.4. The Morgan fingerprint density at radius 3 is 2.61 bits per heavy atom. The first kappa shape index (κ1) is 19.2. The minimum absolute atomic E-state index is 0.0101. The molecule has 0 saturated carbocycles. The second-order valence-corrected chi connectivity index (χ2v) is 8.60. The molecule has 1 atom stereocenters. The highest BCUT2D eigenvalue weighted by Crippen LogP contribution is 2.37. The van der Waals surface area contributed by atoms with Gasteiger partial charge in [-0.3, -0.25) is 0 Å². The van der Waals surface area contributed by atoms with Gasteiger partial charge in [0.1, 0.15) is 5.82 Å². The van der Waals surface area contributed by atoms with Gasteiger partial charge in [0.2, 0.25) is 5.95 Å². The number of aromatic nitrogens is 4. The van der Waals surface area contributed by atoms with E-state index in [2.05, 4.69) is 39.2 Å². The van der Waals surface area contributed by atoms with Crippen LogP contribution < -0.4 is 15.1 Å². The minimum Gasteiger partial charge on any atom is -0.394 e. The summed E-state index contributed by atoms with van der Waals surface area (Å²) < 4.78 is 0. The first-order valence-electron chi connectivity index (χ1n) is 9.83. The molecule has 0 amide bonds. The lowest BCUT2D eigenvalue weighted by molar-refractivity contribution is 0.249. The van der Waals surface area contributed by atoms with Crippen molar-refractivity contribution in [3.8, 4) is 0 Å². The summed E-state index contributed by atoms with van der Waals surface area (Å²) in [5.41, 5.74) is 2.23. The van der Waals surface area contributed by atoms with Crippen LogP contribution in [-0.2, 0) is 6.42 Å². The highest BCUT2D eigenvalue weighted by Gasteiger charge is 2.26. The molecule has 1 fully saturated rings. The molecular formula is C19H27N7OS. The smallest absolute Gasteiger partial charge is 0.227 e. The van der Waals surface area contributed by atoms with E-state index < -0.39 is 0 Å². The Morgan fingerprint density at radius 1 is 1.14 bits per heavy atom. The number of nitrogens with one attached hydrogen (secondary N) is 1. The van der Waals surface area contributed by atoms with Crippen LogP contribution in [0, 0.1) is 5.92 Å². The van der Waals surface area contributed by atoms with Gasteiger partial charge in [-0.05, 0) is 12.0 Å². The van der Waals surface area contributed by atoms with Crippen LogP contribution in [0.15, 0.2) is 23.4 Å². The van der Waals surface area contributed by atoms with Crippen LogP contribution in [0.25, 0.3) is 0 Å². The van der Waals surface area contributed by atoms with Crippen LogP contribution in [0.3, 0.4) is 0 Å². The number of anilines is 3. The van der Waals surface area contributed by atoms with Crippen molar-refractivity contribution < 1.29 is 5.11 Å². The lowest BCUT2D eigenvalue weighted by Gasteiger charge is -2.36. The van der Waals surface area contributed by atoms with Crippen molar-refractivity contribution in [3.05, 3.63) is 24.2 Å². The largest absolute Gasteiger partial charge is 0.394 e. The second-order valence-electron chi connectivity index (χ2n) is 7.50. The summed E-state index contributed by atoms with van der Waals surface area (Å²) in [7, 11) is 0. The van der Waals surface area contributed by atoms with Gasteiger partial charge in [0.25, 0.3) is 0 Å². The van der Waals surface area contributed by atoms with Crippen molar-refractivity contribution >= 4 is 29.2 Å². The average molecular weight is 402 g/mol. The fraction of sp³-hybridized carbons (Fsp3) is 0.579. The number of rotatable bonds is 6. The Labute approximate surface area is 169 Å². The normalized spacial score (nSPS) is 17.7. The van der Waals surface area contributed by atoms with Crippen molar-refractivity contribution in [1.29, 1.82) is 0 Å². The van der Waals surface area contributed by atoms with Gasteiger partial charge in [-0.15, -0.1) is 11.8 Å². The van der Waals surface area contributed by atoms with Gasteiger partial charge < -0.3 is 20.2 Å². The predicted molar refractivity (Wildman–Crippen MR) is 112 cm³/mol. The molecule has 2 aromatic heterocycles. The Kier molecular flexibility index (Phi) is 5.82. The van der Waals surface area contributed by atoms with Crippen molar-refractivity contribution in [2.24, 2.45) is 5.92 Å². The average Bonchev–Trinajstić information content (AvgIpc) is 3.21. The number of aliphatic hydroxyl groups excluding tert-OH is 1. The number of thioether (sulfide) groups is 1. The number of nitrogens with zero attached hydrogens (tertiary/aromatic N) is 6. The molecule has 0 aromatic carbocycles. The zero-order chi connectivity index (χ0) is 19.5. The van der Waals surface area contributed by atoms with E-state index in [1.165, 1.54) is 0 Å². The first-order valence-corrected chi connectivity index (χ1v) is 10.8. The van der Waals surface area contributed by atoms with Gasteiger partial charge in [0, 0.05) is 38.4 Å². The number of aliphatic hydroxyl groups is 1. The van der Waals surface area contributed by atoms with E-state index in [0.29, 0.717) is 5.92 Å². The zero-order valence-corrected chi connectivity index (χ0v) is 17.2. The topological polar surface area (TPSA) is 90.3 Å². The molecule has 0 aliphatic carbocycles. The second kappa shape index (κ2) is 8.48. The SMILES string of the molecule is CC(C)C(CO)Nc1nc(N2CCN(c3ccnnc3)CC2)nc2c1SCC2. The van der Waals surface area contributed by atoms with E-state index in [-0.39, 0.29) is 12.6 Å². The van der Waals surface area contributed by atoms with E-state index >= 15 is 0 Å². The maximum Gasteiger partial charge on any atom is 0.227 e. The minimum atomic E-state index is -0.0101. The monoisotopic (exact) mass is 401 g/mol. The molecule has 4 heterocycles. The summed E-state index contributed by atoms with van der Waals surface area (Å²) in [5, 5.41) is 21.0. The fourth-order valence-electron chi connectivity index (χ4n) is 3.53. The molecule has 1 unspecified atom stereocenters. The molecule has 2 aromatic rings. The third-order valence-corrected chi connectivity index (χ3v) is 6.45. The van der Waals surface area contributed by atoms with E-state index in [1.807, 2.05) is 12.3 Å². The van der Waals surface area contributed by atoms with Crippen molar-refractivity contribution in [2.75, 3.05) is 53.7 Å². The van der Waals surface area contributed by atoms with Gasteiger partial charge in [-0.2, -0.15) is 15.2 Å². The molecule has 8 nitrogen and oxygen atoms in total. The van der Waals surface area contributed by atoms with Crippen LogP contribution in [0.1, 0.15) is 19.5 Å². The van der Waals surface area contributed by atoms with E-state index in [1.54, 1.807) is 18.0 Å². The van der Waals surface area contributed by atoms with E-state index in [9.17, 15) is 5.11 Å². The predicted octanol–water partition coefficient (Wildman–Crippen LogP) is 1.67. The number of fused-ring (bicyclic) bond motifs is 1. The van der Waals surface area contributed by atoms with Crippen molar-refractivity contribution in [2.45, 2.75) is 31.2 Å². The van der Waals surface area contributed by atoms with Crippen LogP contribution >= 0.6 is 11.8 Å². The first-order chi connectivity index (χ1) is 13.7. The Morgan fingerprint density at radius 2 is 1.93 bits per heavy atom. The molecule has 0 spiro atoms. The van der Waals surface area contributed by atoms with Crippen LogP contribution in [0.4, 0.5) is 17.5 Å². The summed E-state index contributed by atoms with van der Waals surface area (Å²) in [5.74, 6) is 3.02. The third-order valence-electron chi connectivity index (χ3n) is 5.33. The molecule has 2 aliphatic heterocycles. The molecule has 2 aliphatic rings. The van der Waals surface area contributed by atoms with Gasteiger partial charge in [0.05, 0.1) is 41.3 Å². The molecule has 1 saturated heterocycles. The highest BCUT2D eigenvalue weighted by molar-refractivity contribution is 7.99. The van der Waals surface area contributed by atoms with Gasteiger partial charge in [-0.25, -0.2) is 4.98 Å². The summed E-state index contributed by atoms with van der Waals surface area (Å²) in [6.07, 6.45) is 4.51. The lowest BCUT2D eigenvalue weighted by atomic mass is 10.1. The van der Waals surface area contributed by atoms with Crippen LogP contribution in [-0.4, -0.2) is 69.9 Å². The van der Waals surface area contributed by atoms with Gasteiger partial charge in [-0.1, -0.05) is 13.8 Å². The molecular weight excluding hydrogens is 374 g/mol. The molecule has 2 N–H and O–H groups in total. The molecule has 9 heteroatoms. The van der Waals surface area contributed by atoms with Crippen molar-refractivity contribution in [3.63, 3.8) is 0 Å². The summed E-state index contributed by atoms with van der Waals surface area (Å²) in [6.45, 7) is 7.83. The highest BCUT2D eigenvalue weighted by atomic mass is 32.2. The number of piperazine rings is 1. The third kappa shape index (κ3) is 4.00. The Balaban J connectivity index is 1.52. The molecule has 0 radical (unpaired) electrons. The fourth-order valence-corrected chi connectivity index (χ4v) is 4.58. The molecule has 150 valence electrons. The zero-order valence-electron chi connectivity index (χ0n) is 16.4. The van der Waals surface area contributed by atoms with Crippen LogP contribution in [0.2, 0.25) is 0 Å². The van der Waals surface area contributed by atoms with Gasteiger partial charge in [0.15, 0.2) is 0 Å². The maximum atomic E-state index is 9.72. The number of hydrogen-bond acceptors (Lipinski definition) is 9. The Hall–Kier alpha value is -2.13. The standard InChI is InChI=1S/C19H27N7OS/c1-13(2)16(12-27)22-18-17-15(4-10-28-17)23-19(24-18)26-8-6-25(7-9-26)14-3-5-20-21-11-14/h3,5,11,13,16,27H,4,6-10,12H2,1-2H3,(H,22,23,24). The number of aryl methyl sites for hydroxylation is 1. The summed E-state index contributed by atoms with van der Waals surface area (Å²) >= 11 is 1.80. The molecule has 0 bridgehead atoms. The van der Waals surface area contributed by atoms with E-state index in [4.69, 9.17) is 9.97 Å². The van der Waals surface area contributed by atoms with E-state index in [0.717, 1.165) is 66.4 Å². The number of hydrogen-bond donors (Lipinski definition) is 2. The van der Waals surface area contributed by atoms with Crippen molar-refractivity contribution in [1.82, 2.24) is 20.2 Å². The molecule has 4 rings (SSSR count). The van der Waals surface area contributed by atoms with Crippen LogP contribution in [0.5, 0.6) is 0 Å². The maximum absolute atomic E-state index is 9.72. The summed E-state index contributed by atoms with van der Waals surface area (Å²) in [6, 6.07) is 1.98. The quantitative estimate of drug-likeness (QED) is 0.750. The van der Waals surface area contributed by atoms with Gasteiger partial charge >= 0.3 is 0 Å². The molecule has 28 heavy (non-hydrogen) atoms. The lowest BCUT2D eigenvalue weighted by Crippen LogP contribution is -2.47.